The van der Waals surface area contributed by atoms with Crippen LogP contribution in [0.5, 0.6) is 0 Å². The molecule has 0 fully saturated rings. The molecule has 5 heteroatoms. The van der Waals surface area contributed by atoms with Crippen molar-refractivity contribution in [3.8, 4) is 12.3 Å². The third-order valence-electron chi connectivity index (χ3n) is 2.36. The molecule has 0 aliphatic rings. The lowest BCUT2D eigenvalue weighted by Crippen LogP contribution is -2.42. The molecule has 17 heavy (non-hydrogen) atoms. The van der Waals surface area contributed by atoms with Crippen LogP contribution in [0.25, 0.3) is 0 Å². The van der Waals surface area contributed by atoms with Crippen LogP contribution in [0.3, 0.4) is 0 Å². The summed E-state index contributed by atoms with van der Waals surface area (Å²) in [5.74, 6) is 2.29. The highest BCUT2D eigenvalue weighted by Gasteiger charge is 2.10. The Morgan fingerprint density at radius 3 is 3.06 bits per heavy atom. The van der Waals surface area contributed by atoms with Crippen molar-refractivity contribution in [1.29, 1.82) is 0 Å². The minimum absolute atomic E-state index is 0.0797. The number of nitrogens with one attached hydrogen (secondary N) is 2. The third kappa shape index (κ3) is 4.70. The SMILES string of the molecule is C#CCNC(=O)C(C)NCCc1ccn(C)n1. The molecule has 0 bridgehead atoms. The van der Waals surface area contributed by atoms with E-state index in [2.05, 4.69) is 21.7 Å². The Hall–Kier alpha value is -1.80. The van der Waals surface area contributed by atoms with Gasteiger partial charge in [-0.25, -0.2) is 0 Å². The van der Waals surface area contributed by atoms with E-state index in [4.69, 9.17) is 6.42 Å². The van der Waals surface area contributed by atoms with Crippen LogP contribution in [0.1, 0.15) is 12.6 Å². The maximum absolute atomic E-state index is 11.5. The van der Waals surface area contributed by atoms with E-state index < -0.39 is 0 Å². The summed E-state index contributed by atoms with van der Waals surface area (Å²) in [6.07, 6.45) is 7.76. The maximum atomic E-state index is 11.5. The Labute approximate surface area is 102 Å². The summed E-state index contributed by atoms with van der Waals surface area (Å²) in [7, 11) is 1.88. The largest absolute Gasteiger partial charge is 0.344 e. The van der Waals surface area contributed by atoms with Gasteiger partial charge >= 0.3 is 0 Å². The van der Waals surface area contributed by atoms with Gasteiger partial charge < -0.3 is 10.6 Å². The predicted octanol–water partition coefficient (Wildman–Crippen LogP) is -0.310. The number of terminal acetylenes is 1. The van der Waals surface area contributed by atoms with Crippen molar-refractivity contribution in [3.63, 3.8) is 0 Å². The fourth-order valence-corrected chi connectivity index (χ4v) is 1.40. The van der Waals surface area contributed by atoms with Gasteiger partial charge in [-0.2, -0.15) is 5.10 Å². The smallest absolute Gasteiger partial charge is 0.237 e. The molecular weight excluding hydrogens is 216 g/mol. The number of carbonyl (C=O) groups is 1. The van der Waals surface area contributed by atoms with Crippen molar-refractivity contribution in [2.45, 2.75) is 19.4 Å². The zero-order valence-corrected chi connectivity index (χ0v) is 10.2. The van der Waals surface area contributed by atoms with Gasteiger partial charge in [0.05, 0.1) is 18.3 Å². The first-order valence-electron chi connectivity index (χ1n) is 5.56. The van der Waals surface area contributed by atoms with E-state index in [-0.39, 0.29) is 18.5 Å². The average Bonchev–Trinajstić information content (AvgIpc) is 2.71. The summed E-state index contributed by atoms with van der Waals surface area (Å²) < 4.78 is 1.76. The molecule has 1 atom stereocenters. The van der Waals surface area contributed by atoms with E-state index >= 15 is 0 Å². The molecule has 92 valence electrons. The first-order valence-corrected chi connectivity index (χ1v) is 5.56. The van der Waals surface area contributed by atoms with Crippen LogP contribution in [-0.4, -0.2) is 34.8 Å². The standard InChI is InChI=1S/C12H18N4O/c1-4-7-14-12(17)10(2)13-8-5-11-6-9-16(3)15-11/h1,6,9-10,13H,5,7-8H2,2-3H3,(H,14,17). The van der Waals surface area contributed by atoms with Crippen molar-refractivity contribution < 1.29 is 4.79 Å². The molecule has 0 saturated carbocycles. The van der Waals surface area contributed by atoms with Gasteiger partial charge in [0.2, 0.25) is 5.91 Å². The van der Waals surface area contributed by atoms with Crippen LogP contribution in [0, 0.1) is 12.3 Å². The van der Waals surface area contributed by atoms with Gasteiger partial charge in [-0.1, -0.05) is 5.92 Å². The maximum Gasteiger partial charge on any atom is 0.237 e. The van der Waals surface area contributed by atoms with Crippen molar-refractivity contribution in [3.05, 3.63) is 18.0 Å². The minimum Gasteiger partial charge on any atom is -0.344 e. The van der Waals surface area contributed by atoms with Gasteiger partial charge in [-0.3, -0.25) is 9.48 Å². The zero-order valence-electron chi connectivity index (χ0n) is 10.2. The van der Waals surface area contributed by atoms with E-state index in [1.807, 2.05) is 26.2 Å². The monoisotopic (exact) mass is 234 g/mol. The van der Waals surface area contributed by atoms with Crippen LogP contribution in [-0.2, 0) is 18.3 Å². The lowest BCUT2D eigenvalue weighted by molar-refractivity contribution is -0.122. The summed E-state index contributed by atoms with van der Waals surface area (Å²) >= 11 is 0. The second-order valence-corrected chi connectivity index (χ2v) is 3.83. The quantitative estimate of drug-likeness (QED) is 0.664. The Balaban J connectivity index is 2.22. The molecule has 2 N–H and O–H groups in total. The Morgan fingerprint density at radius 1 is 1.71 bits per heavy atom. The molecule has 0 aliphatic carbocycles. The molecule has 1 unspecified atom stereocenters. The Morgan fingerprint density at radius 2 is 2.47 bits per heavy atom. The summed E-state index contributed by atoms with van der Waals surface area (Å²) in [5.41, 5.74) is 1.01. The number of rotatable bonds is 6. The fraction of sp³-hybridized carbons (Fsp3) is 0.500. The van der Waals surface area contributed by atoms with E-state index in [1.54, 1.807) is 4.68 Å². The molecular formula is C12H18N4O. The molecule has 1 aromatic heterocycles. The Bertz CT molecular complexity index is 405. The molecule has 0 aromatic carbocycles. The zero-order chi connectivity index (χ0) is 12.7. The normalized spacial score (nSPS) is 11.8. The molecule has 1 rings (SSSR count). The highest BCUT2D eigenvalue weighted by Crippen LogP contribution is 1.94. The number of aryl methyl sites for hydroxylation is 1. The van der Waals surface area contributed by atoms with Gasteiger partial charge in [0.15, 0.2) is 0 Å². The number of hydrogen-bond acceptors (Lipinski definition) is 3. The minimum atomic E-state index is -0.243. The van der Waals surface area contributed by atoms with Crippen molar-refractivity contribution in [2.75, 3.05) is 13.1 Å². The molecule has 0 aliphatic heterocycles. The topological polar surface area (TPSA) is 59.0 Å². The van der Waals surface area contributed by atoms with Gasteiger partial charge in [0.1, 0.15) is 0 Å². The number of hydrogen-bond donors (Lipinski definition) is 2. The lowest BCUT2D eigenvalue weighted by atomic mass is 10.2. The van der Waals surface area contributed by atoms with E-state index in [1.165, 1.54) is 0 Å². The van der Waals surface area contributed by atoms with Gasteiger partial charge in [0, 0.05) is 26.2 Å². The number of carbonyl (C=O) groups excluding carboxylic acids is 1. The number of nitrogens with zero attached hydrogens (tertiary/aromatic N) is 2. The third-order valence-corrected chi connectivity index (χ3v) is 2.36. The van der Waals surface area contributed by atoms with Crippen LogP contribution >= 0.6 is 0 Å². The molecule has 1 heterocycles. The van der Waals surface area contributed by atoms with Crippen molar-refractivity contribution in [1.82, 2.24) is 20.4 Å². The number of amides is 1. The summed E-state index contributed by atoms with van der Waals surface area (Å²) in [4.78, 5) is 11.5. The highest BCUT2D eigenvalue weighted by molar-refractivity contribution is 5.81. The molecule has 1 amide bonds. The molecule has 0 spiro atoms. The number of aromatic nitrogens is 2. The van der Waals surface area contributed by atoms with E-state index in [9.17, 15) is 4.79 Å². The van der Waals surface area contributed by atoms with Crippen LogP contribution in [0.15, 0.2) is 12.3 Å². The van der Waals surface area contributed by atoms with E-state index in [0.29, 0.717) is 6.54 Å². The first kappa shape index (κ1) is 13.3. The molecule has 0 radical (unpaired) electrons. The predicted molar refractivity (Wildman–Crippen MR) is 66.2 cm³/mol. The van der Waals surface area contributed by atoms with Crippen LogP contribution in [0.2, 0.25) is 0 Å². The van der Waals surface area contributed by atoms with E-state index in [0.717, 1.165) is 12.1 Å². The molecule has 1 aromatic rings. The Kier molecular flexibility index (Phi) is 5.24. The second kappa shape index (κ2) is 6.71. The summed E-state index contributed by atoms with van der Waals surface area (Å²) in [5, 5.41) is 10.00. The summed E-state index contributed by atoms with van der Waals surface area (Å²) in [6, 6.07) is 1.72. The second-order valence-electron chi connectivity index (χ2n) is 3.83. The van der Waals surface area contributed by atoms with Crippen molar-refractivity contribution in [2.24, 2.45) is 7.05 Å². The first-order chi connectivity index (χ1) is 8.13. The van der Waals surface area contributed by atoms with Crippen molar-refractivity contribution >= 4 is 5.91 Å². The average molecular weight is 234 g/mol. The van der Waals surface area contributed by atoms with Gasteiger partial charge in [-0.05, 0) is 13.0 Å². The summed E-state index contributed by atoms with van der Waals surface area (Å²) in [6.45, 7) is 2.79. The fourth-order valence-electron chi connectivity index (χ4n) is 1.40. The van der Waals surface area contributed by atoms with Gasteiger partial charge in [0.25, 0.3) is 0 Å². The van der Waals surface area contributed by atoms with Gasteiger partial charge in [-0.15, -0.1) is 6.42 Å². The van der Waals surface area contributed by atoms with Crippen LogP contribution in [0.4, 0.5) is 0 Å². The molecule has 0 saturated heterocycles. The lowest BCUT2D eigenvalue weighted by Gasteiger charge is -2.12. The highest BCUT2D eigenvalue weighted by atomic mass is 16.2. The molecule has 5 nitrogen and oxygen atoms in total. The van der Waals surface area contributed by atoms with Crippen LogP contribution < -0.4 is 10.6 Å².